The molecule has 2 aromatic rings. The lowest BCUT2D eigenvalue weighted by atomic mass is 9.72. The summed E-state index contributed by atoms with van der Waals surface area (Å²) in [5, 5.41) is 0. The third-order valence-corrected chi connectivity index (χ3v) is 4.31. The molecule has 0 saturated heterocycles. The first-order valence-electron chi connectivity index (χ1n) is 7.19. The zero-order valence-electron chi connectivity index (χ0n) is 13.4. The van der Waals surface area contributed by atoms with Gasteiger partial charge < -0.3 is 11.5 Å². The number of hydrogen-bond acceptors (Lipinski definition) is 2. The van der Waals surface area contributed by atoms with Gasteiger partial charge in [0.1, 0.15) is 0 Å². The van der Waals surface area contributed by atoms with Crippen LogP contribution in [0.4, 0.5) is 37.7 Å². The number of benzene rings is 2. The lowest BCUT2D eigenvalue weighted by Gasteiger charge is -2.38. The molecule has 0 atom stereocenters. The number of nitrogen functional groups attached to an aromatic ring is 2. The number of anilines is 2. The van der Waals surface area contributed by atoms with Crippen LogP contribution in [-0.2, 0) is 5.41 Å². The minimum absolute atomic E-state index is 0.0953. The predicted octanol–water partition coefficient (Wildman–Crippen LogP) is 4.88. The summed E-state index contributed by atoms with van der Waals surface area (Å²) in [6.07, 6.45) is -11.3. The average molecular weight is 362 g/mol. The summed E-state index contributed by atoms with van der Waals surface area (Å²) < 4.78 is 83.5. The molecule has 8 heteroatoms. The first kappa shape index (κ1) is 19.0. The minimum Gasteiger partial charge on any atom is -0.397 e. The SMILES string of the molecule is Cc1ccc(C(c2ccc(N)c(N)c2)(C(F)(F)F)C(F)(F)F)cc1C. The van der Waals surface area contributed by atoms with Crippen molar-refractivity contribution in [2.45, 2.75) is 31.6 Å². The van der Waals surface area contributed by atoms with Crippen LogP contribution in [0.1, 0.15) is 22.3 Å². The van der Waals surface area contributed by atoms with E-state index in [1.165, 1.54) is 13.0 Å². The Morgan fingerprint density at radius 3 is 1.56 bits per heavy atom. The fourth-order valence-electron chi connectivity index (χ4n) is 2.76. The van der Waals surface area contributed by atoms with Crippen LogP contribution in [0, 0.1) is 13.8 Å². The molecule has 25 heavy (non-hydrogen) atoms. The van der Waals surface area contributed by atoms with Crippen LogP contribution in [-0.4, -0.2) is 12.4 Å². The van der Waals surface area contributed by atoms with E-state index in [0.717, 1.165) is 18.2 Å². The molecular weight excluding hydrogens is 346 g/mol. The van der Waals surface area contributed by atoms with Crippen LogP contribution in [0.25, 0.3) is 0 Å². The number of halogens is 6. The van der Waals surface area contributed by atoms with Crippen LogP contribution in [0.2, 0.25) is 0 Å². The number of hydrogen-bond donors (Lipinski definition) is 2. The van der Waals surface area contributed by atoms with E-state index in [4.69, 9.17) is 11.5 Å². The zero-order chi connectivity index (χ0) is 19.2. The van der Waals surface area contributed by atoms with Crippen molar-refractivity contribution in [2.75, 3.05) is 11.5 Å². The lowest BCUT2D eigenvalue weighted by Crippen LogP contribution is -2.54. The Balaban J connectivity index is 2.96. The Morgan fingerprint density at radius 1 is 0.640 bits per heavy atom. The summed E-state index contributed by atoms with van der Waals surface area (Å²) in [6, 6.07) is 5.27. The van der Waals surface area contributed by atoms with Gasteiger partial charge in [0, 0.05) is 0 Å². The van der Waals surface area contributed by atoms with Crippen LogP contribution in [0.15, 0.2) is 36.4 Å². The standard InChI is InChI=1S/C17H16F6N2/c1-9-3-4-11(7-10(9)2)15(16(18,19)20,17(21,22)23)12-5-6-13(24)14(25)8-12/h3-8H,24-25H2,1-2H3. The number of rotatable bonds is 2. The van der Waals surface area contributed by atoms with Gasteiger partial charge in [0.2, 0.25) is 5.41 Å². The van der Waals surface area contributed by atoms with Gasteiger partial charge in [-0.1, -0.05) is 24.3 Å². The second kappa shape index (κ2) is 5.86. The van der Waals surface area contributed by atoms with Gasteiger partial charge in [-0.05, 0) is 48.2 Å². The second-order valence-corrected chi connectivity index (χ2v) is 5.89. The van der Waals surface area contributed by atoms with Gasteiger partial charge in [-0.25, -0.2) is 0 Å². The highest BCUT2D eigenvalue weighted by Gasteiger charge is 2.72. The number of alkyl halides is 6. The van der Waals surface area contributed by atoms with E-state index < -0.39 is 28.9 Å². The van der Waals surface area contributed by atoms with E-state index in [9.17, 15) is 26.3 Å². The molecular formula is C17H16F6N2. The van der Waals surface area contributed by atoms with Crippen molar-refractivity contribution < 1.29 is 26.3 Å². The fraction of sp³-hybridized carbons (Fsp3) is 0.294. The minimum atomic E-state index is -5.64. The van der Waals surface area contributed by atoms with Crippen molar-refractivity contribution in [1.29, 1.82) is 0 Å². The number of aryl methyl sites for hydroxylation is 2. The third-order valence-electron chi connectivity index (χ3n) is 4.31. The van der Waals surface area contributed by atoms with E-state index >= 15 is 0 Å². The molecule has 136 valence electrons. The summed E-state index contributed by atoms with van der Waals surface area (Å²) >= 11 is 0. The van der Waals surface area contributed by atoms with E-state index in [1.54, 1.807) is 6.92 Å². The maximum Gasteiger partial charge on any atom is 0.411 e. The highest BCUT2D eigenvalue weighted by molar-refractivity contribution is 5.66. The van der Waals surface area contributed by atoms with Crippen molar-refractivity contribution in [3.63, 3.8) is 0 Å². The normalized spacial score (nSPS) is 13.1. The molecule has 0 unspecified atom stereocenters. The maximum atomic E-state index is 13.9. The van der Waals surface area contributed by atoms with Gasteiger partial charge >= 0.3 is 12.4 Å². The molecule has 0 aliphatic rings. The Morgan fingerprint density at radius 2 is 1.12 bits per heavy atom. The summed E-state index contributed by atoms with van der Waals surface area (Å²) in [6.45, 7) is 3.05. The molecule has 0 aliphatic heterocycles. The third kappa shape index (κ3) is 2.89. The Labute approximate surface area is 140 Å². The molecule has 4 N–H and O–H groups in total. The topological polar surface area (TPSA) is 52.0 Å². The Kier molecular flexibility index (Phi) is 4.44. The van der Waals surface area contributed by atoms with Crippen molar-refractivity contribution >= 4 is 11.4 Å². The smallest absolute Gasteiger partial charge is 0.397 e. The summed E-state index contributed by atoms with van der Waals surface area (Å²) in [5.41, 5.74) is 5.23. The fourth-order valence-corrected chi connectivity index (χ4v) is 2.76. The number of nitrogens with two attached hydrogens (primary N) is 2. The maximum absolute atomic E-state index is 13.9. The molecule has 0 bridgehead atoms. The predicted molar refractivity (Wildman–Crippen MR) is 84.1 cm³/mol. The zero-order valence-corrected chi connectivity index (χ0v) is 13.4. The Bertz CT molecular complexity index is 725. The molecule has 2 nitrogen and oxygen atoms in total. The molecule has 0 spiro atoms. The summed E-state index contributed by atoms with van der Waals surface area (Å²) in [5.74, 6) is 0. The van der Waals surface area contributed by atoms with Gasteiger partial charge in [0.25, 0.3) is 0 Å². The van der Waals surface area contributed by atoms with Gasteiger partial charge in [-0.2, -0.15) is 26.3 Å². The van der Waals surface area contributed by atoms with Gasteiger partial charge in [-0.15, -0.1) is 0 Å². The summed E-state index contributed by atoms with van der Waals surface area (Å²) in [7, 11) is 0. The molecule has 0 saturated carbocycles. The molecule has 0 amide bonds. The van der Waals surface area contributed by atoms with Crippen LogP contribution < -0.4 is 11.5 Å². The van der Waals surface area contributed by atoms with Crippen molar-refractivity contribution in [3.8, 4) is 0 Å². The quantitative estimate of drug-likeness (QED) is 0.591. The highest BCUT2D eigenvalue weighted by atomic mass is 19.4. The molecule has 0 aromatic heterocycles. The van der Waals surface area contributed by atoms with Gasteiger partial charge in [0.15, 0.2) is 0 Å². The van der Waals surface area contributed by atoms with E-state index in [-0.39, 0.29) is 11.4 Å². The van der Waals surface area contributed by atoms with Gasteiger partial charge in [0.05, 0.1) is 11.4 Å². The van der Waals surface area contributed by atoms with Crippen molar-refractivity contribution in [1.82, 2.24) is 0 Å². The van der Waals surface area contributed by atoms with E-state index in [1.807, 2.05) is 0 Å². The highest BCUT2D eigenvalue weighted by Crippen LogP contribution is 2.56. The monoisotopic (exact) mass is 362 g/mol. The molecule has 0 aliphatic carbocycles. The van der Waals surface area contributed by atoms with Crippen LogP contribution in [0.5, 0.6) is 0 Å². The second-order valence-electron chi connectivity index (χ2n) is 5.89. The molecule has 2 aromatic carbocycles. The first-order chi connectivity index (χ1) is 11.3. The lowest BCUT2D eigenvalue weighted by molar-refractivity contribution is -0.288. The molecule has 0 heterocycles. The van der Waals surface area contributed by atoms with Crippen LogP contribution in [0.3, 0.4) is 0 Å². The summed E-state index contributed by atoms with van der Waals surface area (Å²) in [4.78, 5) is 0. The van der Waals surface area contributed by atoms with Gasteiger partial charge in [-0.3, -0.25) is 0 Å². The van der Waals surface area contributed by atoms with Crippen molar-refractivity contribution in [3.05, 3.63) is 58.7 Å². The Hall–Kier alpha value is -2.38. The van der Waals surface area contributed by atoms with Crippen molar-refractivity contribution in [2.24, 2.45) is 0 Å². The van der Waals surface area contributed by atoms with Crippen LogP contribution >= 0.6 is 0 Å². The first-order valence-corrected chi connectivity index (χ1v) is 7.19. The van der Waals surface area contributed by atoms with E-state index in [2.05, 4.69) is 0 Å². The van der Waals surface area contributed by atoms with E-state index in [0.29, 0.717) is 23.3 Å². The largest absolute Gasteiger partial charge is 0.411 e. The molecule has 0 fully saturated rings. The molecule has 2 rings (SSSR count). The average Bonchev–Trinajstić information content (AvgIpc) is 2.44. The molecule has 0 radical (unpaired) electrons.